The van der Waals surface area contributed by atoms with Crippen LogP contribution in [0.2, 0.25) is 0 Å². The van der Waals surface area contributed by atoms with Gasteiger partial charge in [0, 0.05) is 44.5 Å². The van der Waals surface area contributed by atoms with E-state index < -0.39 is 0 Å². The number of hydrogen-bond donors (Lipinski definition) is 2. The third kappa shape index (κ3) is 4.81. The monoisotopic (exact) mass is 346 g/mol. The molecule has 0 spiro atoms. The molecule has 25 heavy (non-hydrogen) atoms. The van der Waals surface area contributed by atoms with Crippen molar-refractivity contribution in [2.45, 2.75) is 39.0 Å². The number of nitrogens with zero attached hydrogens (tertiary/aromatic N) is 4. The predicted octanol–water partition coefficient (Wildman–Crippen LogP) is 1.25. The summed E-state index contributed by atoms with van der Waals surface area (Å²) < 4.78 is 0. The number of aryl methyl sites for hydroxylation is 1. The molecule has 2 aliphatic rings. The summed E-state index contributed by atoms with van der Waals surface area (Å²) in [6.45, 7) is 7.75. The Morgan fingerprint density at radius 1 is 1.28 bits per heavy atom. The van der Waals surface area contributed by atoms with Crippen molar-refractivity contribution in [3.63, 3.8) is 0 Å². The van der Waals surface area contributed by atoms with E-state index in [2.05, 4.69) is 27.0 Å². The van der Waals surface area contributed by atoms with Gasteiger partial charge < -0.3 is 20.9 Å². The van der Waals surface area contributed by atoms with Gasteiger partial charge in [0.1, 0.15) is 5.82 Å². The summed E-state index contributed by atoms with van der Waals surface area (Å²) in [7, 11) is 0. The van der Waals surface area contributed by atoms with E-state index >= 15 is 0 Å². The predicted molar refractivity (Wildman–Crippen MR) is 99.7 cm³/mol. The molecule has 0 radical (unpaired) electrons. The normalized spacial score (nSPS) is 21.5. The molecule has 3 heterocycles. The molecule has 1 aromatic heterocycles. The highest BCUT2D eigenvalue weighted by atomic mass is 16.1. The summed E-state index contributed by atoms with van der Waals surface area (Å²) in [5, 5.41) is 3.44. The summed E-state index contributed by atoms with van der Waals surface area (Å²) >= 11 is 0. The van der Waals surface area contributed by atoms with E-state index in [-0.39, 0.29) is 11.8 Å². The molecule has 3 N–H and O–H groups in total. The molecule has 138 valence electrons. The number of piperidine rings is 1. The first-order valence-electron chi connectivity index (χ1n) is 9.54. The maximum atomic E-state index is 11.4. The van der Waals surface area contributed by atoms with E-state index in [1.165, 1.54) is 12.8 Å². The van der Waals surface area contributed by atoms with Gasteiger partial charge in [-0.1, -0.05) is 6.92 Å². The summed E-state index contributed by atoms with van der Waals surface area (Å²) in [6, 6.07) is 2.04. The van der Waals surface area contributed by atoms with Crippen LogP contribution in [-0.4, -0.2) is 60.0 Å². The summed E-state index contributed by atoms with van der Waals surface area (Å²) in [5.74, 6) is 1.58. The van der Waals surface area contributed by atoms with Crippen LogP contribution >= 0.6 is 0 Å². The Hall–Kier alpha value is -1.89. The van der Waals surface area contributed by atoms with Gasteiger partial charge in [-0.05, 0) is 38.6 Å². The van der Waals surface area contributed by atoms with Gasteiger partial charge in [0.15, 0.2) is 0 Å². The molecule has 0 bridgehead atoms. The Bertz CT molecular complexity index is 587. The van der Waals surface area contributed by atoms with Gasteiger partial charge in [-0.25, -0.2) is 4.98 Å². The zero-order valence-electron chi connectivity index (χ0n) is 15.2. The first kappa shape index (κ1) is 17.9. The molecule has 1 unspecified atom stereocenters. The second-order valence-electron chi connectivity index (χ2n) is 7.06. The molecule has 1 amide bonds. The molecule has 2 aliphatic heterocycles. The van der Waals surface area contributed by atoms with Crippen LogP contribution in [0.15, 0.2) is 6.07 Å². The molecular formula is C18H30N6O. The van der Waals surface area contributed by atoms with Crippen molar-refractivity contribution in [2.75, 3.05) is 49.5 Å². The van der Waals surface area contributed by atoms with Gasteiger partial charge in [0.25, 0.3) is 0 Å². The number of nitrogens with one attached hydrogen (secondary N) is 1. The zero-order chi connectivity index (χ0) is 17.6. The van der Waals surface area contributed by atoms with Gasteiger partial charge in [0.2, 0.25) is 11.9 Å². The highest BCUT2D eigenvalue weighted by Crippen LogP contribution is 2.19. The molecule has 2 fully saturated rings. The lowest BCUT2D eigenvalue weighted by Gasteiger charge is -2.31. The van der Waals surface area contributed by atoms with Crippen LogP contribution in [0.25, 0.3) is 0 Å². The fraction of sp³-hybridized carbons (Fsp3) is 0.722. The van der Waals surface area contributed by atoms with E-state index in [9.17, 15) is 4.79 Å². The Balaban J connectivity index is 1.55. The van der Waals surface area contributed by atoms with E-state index in [0.29, 0.717) is 0 Å². The van der Waals surface area contributed by atoms with Crippen molar-refractivity contribution < 1.29 is 4.79 Å². The fourth-order valence-electron chi connectivity index (χ4n) is 3.65. The quantitative estimate of drug-likeness (QED) is 0.773. The number of anilines is 2. The lowest BCUT2D eigenvalue weighted by molar-refractivity contribution is -0.123. The summed E-state index contributed by atoms with van der Waals surface area (Å²) in [6.07, 6.45) is 5.31. The molecular weight excluding hydrogens is 316 g/mol. The second-order valence-corrected chi connectivity index (χ2v) is 7.06. The minimum atomic E-state index is -0.170. The third-order valence-electron chi connectivity index (χ3n) is 5.16. The smallest absolute Gasteiger partial charge is 0.227 e. The standard InChI is InChI=1S/C18H30N6O/c1-2-15-12-16(22-18(21-15)24-9-3-4-10-24)20-7-11-23-8-5-6-14(13-23)17(19)25/h12,14H,2-11,13H2,1H3,(H2,19,25)(H,20,21,22). The number of nitrogens with two attached hydrogens (primary N) is 1. The van der Waals surface area contributed by atoms with E-state index in [1.54, 1.807) is 0 Å². The molecule has 1 atom stereocenters. The van der Waals surface area contributed by atoms with Crippen LogP contribution in [-0.2, 0) is 11.2 Å². The minimum absolute atomic E-state index is 0.00117. The lowest BCUT2D eigenvalue weighted by Crippen LogP contribution is -2.42. The van der Waals surface area contributed by atoms with Crippen molar-refractivity contribution in [1.82, 2.24) is 14.9 Å². The molecule has 1 aromatic rings. The molecule has 7 nitrogen and oxygen atoms in total. The Morgan fingerprint density at radius 3 is 2.80 bits per heavy atom. The number of carbonyl (C=O) groups is 1. The van der Waals surface area contributed by atoms with Crippen molar-refractivity contribution >= 4 is 17.7 Å². The number of aromatic nitrogens is 2. The largest absolute Gasteiger partial charge is 0.369 e. The van der Waals surface area contributed by atoms with E-state index in [1.807, 2.05) is 6.07 Å². The Kier molecular flexibility index (Phi) is 6.07. The first-order valence-corrected chi connectivity index (χ1v) is 9.54. The first-order chi connectivity index (χ1) is 12.2. The maximum absolute atomic E-state index is 11.4. The fourth-order valence-corrected chi connectivity index (χ4v) is 3.65. The average molecular weight is 346 g/mol. The molecule has 0 saturated carbocycles. The van der Waals surface area contributed by atoms with Crippen LogP contribution in [0.1, 0.15) is 38.3 Å². The van der Waals surface area contributed by atoms with Crippen molar-refractivity contribution in [1.29, 1.82) is 0 Å². The van der Waals surface area contributed by atoms with Crippen LogP contribution < -0.4 is 16.0 Å². The SMILES string of the molecule is CCc1cc(NCCN2CCCC(C(N)=O)C2)nc(N2CCCC2)n1. The number of rotatable bonds is 7. The molecule has 7 heteroatoms. The van der Waals surface area contributed by atoms with Gasteiger partial charge in [-0.3, -0.25) is 4.79 Å². The van der Waals surface area contributed by atoms with Crippen molar-refractivity contribution in [3.8, 4) is 0 Å². The lowest BCUT2D eigenvalue weighted by atomic mass is 9.97. The van der Waals surface area contributed by atoms with Gasteiger partial charge in [-0.15, -0.1) is 0 Å². The highest BCUT2D eigenvalue weighted by molar-refractivity contribution is 5.76. The Morgan fingerprint density at radius 2 is 2.08 bits per heavy atom. The molecule has 2 saturated heterocycles. The number of likely N-dealkylation sites (tertiary alicyclic amines) is 1. The van der Waals surface area contributed by atoms with E-state index in [0.717, 1.165) is 76.0 Å². The summed E-state index contributed by atoms with van der Waals surface area (Å²) in [5.41, 5.74) is 6.53. The zero-order valence-corrected chi connectivity index (χ0v) is 15.2. The maximum Gasteiger partial charge on any atom is 0.227 e. The number of primary amides is 1. The van der Waals surface area contributed by atoms with Crippen LogP contribution in [0.3, 0.4) is 0 Å². The number of carbonyl (C=O) groups excluding carboxylic acids is 1. The van der Waals surface area contributed by atoms with Gasteiger partial charge >= 0.3 is 0 Å². The average Bonchev–Trinajstić information content (AvgIpc) is 3.16. The van der Waals surface area contributed by atoms with Crippen LogP contribution in [0.4, 0.5) is 11.8 Å². The highest BCUT2D eigenvalue weighted by Gasteiger charge is 2.23. The summed E-state index contributed by atoms with van der Waals surface area (Å²) in [4.78, 5) is 25.3. The minimum Gasteiger partial charge on any atom is -0.369 e. The molecule has 0 aliphatic carbocycles. The Labute approximate surface area is 150 Å². The molecule has 3 rings (SSSR count). The second kappa shape index (κ2) is 8.47. The van der Waals surface area contributed by atoms with Gasteiger partial charge in [0.05, 0.1) is 5.92 Å². The topological polar surface area (TPSA) is 87.4 Å². The van der Waals surface area contributed by atoms with Crippen LogP contribution in [0.5, 0.6) is 0 Å². The van der Waals surface area contributed by atoms with Crippen LogP contribution in [0, 0.1) is 5.92 Å². The van der Waals surface area contributed by atoms with E-state index in [4.69, 9.17) is 10.7 Å². The number of amides is 1. The third-order valence-corrected chi connectivity index (χ3v) is 5.16. The molecule has 0 aromatic carbocycles. The van der Waals surface area contributed by atoms with Gasteiger partial charge in [-0.2, -0.15) is 4.98 Å². The van der Waals surface area contributed by atoms with Crippen molar-refractivity contribution in [2.24, 2.45) is 11.7 Å². The van der Waals surface area contributed by atoms with Crippen molar-refractivity contribution in [3.05, 3.63) is 11.8 Å². The number of hydrogen-bond acceptors (Lipinski definition) is 6.